The van der Waals surface area contributed by atoms with Gasteiger partial charge in [-0.25, -0.2) is 0 Å². The third-order valence-corrected chi connectivity index (χ3v) is 4.71. The van der Waals surface area contributed by atoms with Crippen LogP contribution < -0.4 is 19.5 Å². The fourth-order valence-electron chi connectivity index (χ4n) is 3.43. The number of rotatable bonds is 8. The molecular weight excluding hydrogens is 356 g/mol. The molecule has 1 heterocycles. The van der Waals surface area contributed by atoms with Crippen molar-refractivity contribution in [2.45, 2.75) is 26.8 Å². The highest BCUT2D eigenvalue weighted by Gasteiger charge is 2.21. The highest BCUT2D eigenvalue weighted by Crippen LogP contribution is 2.34. The Hall–Kier alpha value is -2.73. The van der Waals surface area contributed by atoms with Crippen LogP contribution in [0.25, 0.3) is 0 Å². The minimum absolute atomic E-state index is 0.0519. The SMILES string of the molecule is CCOc1cc2c(cc1OCC)CN(CC(=O)Nc1ccccc1OC)CC2. The number of benzene rings is 2. The molecule has 0 bridgehead atoms. The van der Waals surface area contributed by atoms with E-state index in [0.717, 1.165) is 24.5 Å². The minimum atomic E-state index is -0.0519. The molecule has 0 unspecified atom stereocenters. The first-order chi connectivity index (χ1) is 13.6. The van der Waals surface area contributed by atoms with Crippen LogP contribution in [0.3, 0.4) is 0 Å². The van der Waals surface area contributed by atoms with Gasteiger partial charge in [-0.2, -0.15) is 0 Å². The Labute approximate surface area is 166 Å². The van der Waals surface area contributed by atoms with Crippen LogP contribution in [0.5, 0.6) is 17.2 Å². The highest BCUT2D eigenvalue weighted by atomic mass is 16.5. The van der Waals surface area contributed by atoms with Gasteiger partial charge in [0, 0.05) is 13.1 Å². The predicted molar refractivity (Wildman–Crippen MR) is 109 cm³/mol. The molecule has 0 aromatic heterocycles. The van der Waals surface area contributed by atoms with Gasteiger partial charge in [-0.15, -0.1) is 0 Å². The van der Waals surface area contributed by atoms with Crippen LogP contribution in [0.2, 0.25) is 0 Å². The van der Waals surface area contributed by atoms with Crippen LogP contribution in [0.1, 0.15) is 25.0 Å². The Morgan fingerprint density at radius 2 is 1.71 bits per heavy atom. The summed E-state index contributed by atoms with van der Waals surface area (Å²) in [7, 11) is 1.60. The number of nitrogens with zero attached hydrogens (tertiary/aromatic N) is 1. The summed E-state index contributed by atoms with van der Waals surface area (Å²) in [6.07, 6.45) is 0.879. The van der Waals surface area contributed by atoms with E-state index in [1.807, 2.05) is 44.2 Å². The van der Waals surface area contributed by atoms with Crippen molar-refractivity contribution in [3.05, 3.63) is 47.5 Å². The van der Waals surface area contributed by atoms with E-state index in [2.05, 4.69) is 16.3 Å². The quantitative estimate of drug-likeness (QED) is 0.755. The summed E-state index contributed by atoms with van der Waals surface area (Å²) in [5, 5.41) is 2.94. The Kier molecular flexibility index (Phi) is 6.76. The van der Waals surface area contributed by atoms with Gasteiger partial charge in [-0.05, 0) is 55.7 Å². The molecule has 0 radical (unpaired) electrons. The molecule has 2 aromatic carbocycles. The van der Waals surface area contributed by atoms with Crippen molar-refractivity contribution in [3.8, 4) is 17.2 Å². The van der Waals surface area contributed by atoms with Crippen LogP contribution in [-0.2, 0) is 17.8 Å². The van der Waals surface area contributed by atoms with Crippen molar-refractivity contribution in [2.75, 3.05) is 38.7 Å². The van der Waals surface area contributed by atoms with Gasteiger partial charge in [0.15, 0.2) is 11.5 Å². The molecule has 1 aliphatic heterocycles. The van der Waals surface area contributed by atoms with Crippen molar-refractivity contribution in [1.29, 1.82) is 0 Å². The number of hydrogen-bond donors (Lipinski definition) is 1. The molecule has 0 saturated carbocycles. The van der Waals surface area contributed by atoms with Crippen molar-refractivity contribution >= 4 is 11.6 Å². The number of ether oxygens (including phenoxy) is 3. The zero-order valence-electron chi connectivity index (χ0n) is 16.8. The van der Waals surface area contributed by atoms with Crippen molar-refractivity contribution in [1.82, 2.24) is 4.90 Å². The lowest BCUT2D eigenvalue weighted by Gasteiger charge is -2.29. The number of para-hydroxylation sites is 2. The summed E-state index contributed by atoms with van der Waals surface area (Å²) >= 11 is 0. The molecule has 0 aliphatic carbocycles. The van der Waals surface area contributed by atoms with Crippen LogP contribution in [-0.4, -0.2) is 44.2 Å². The number of methoxy groups -OCH3 is 1. The average molecular weight is 384 g/mol. The number of nitrogens with one attached hydrogen (secondary N) is 1. The second kappa shape index (κ2) is 9.46. The monoisotopic (exact) mass is 384 g/mol. The zero-order valence-corrected chi connectivity index (χ0v) is 16.8. The Bertz CT molecular complexity index is 822. The first-order valence-corrected chi connectivity index (χ1v) is 9.71. The Morgan fingerprint density at radius 1 is 1.04 bits per heavy atom. The molecule has 0 fully saturated rings. The van der Waals surface area contributed by atoms with Gasteiger partial charge < -0.3 is 19.5 Å². The fraction of sp³-hybridized carbons (Fsp3) is 0.409. The van der Waals surface area contributed by atoms with Gasteiger partial charge in [0.1, 0.15) is 5.75 Å². The molecule has 28 heavy (non-hydrogen) atoms. The first kappa shape index (κ1) is 20.0. The lowest BCUT2D eigenvalue weighted by Crippen LogP contribution is -2.37. The van der Waals surface area contributed by atoms with E-state index in [9.17, 15) is 4.79 Å². The largest absolute Gasteiger partial charge is 0.495 e. The van der Waals surface area contributed by atoms with Crippen molar-refractivity contribution in [3.63, 3.8) is 0 Å². The lowest BCUT2D eigenvalue weighted by atomic mass is 9.98. The summed E-state index contributed by atoms with van der Waals surface area (Å²) in [4.78, 5) is 14.7. The van der Waals surface area contributed by atoms with Gasteiger partial charge in [0.05, 0.1) is 32.6 Å². The second-order valence-electron chi connectivity index (χ2n) is 6.64. The second-order valence-corrected chi connectivity index (χ2v) is 6.64. The molecule has 1 aliphatic rings. The molecule has 1 N–H and O–H groups in total. The maximum Gasteiger partial charge on any atom is 0.238 e. The van der Waals surface area contributed by atoms with Gasteiger partial charge in [0.2, 0.25) is 5.91 Å². The van der Waals surface area contributed by atoms with Crippen LogP contribution in [0.15, 0.2) is 36.4 Å². The van der Waals surface area contributed by atoms with Gasteiger partial charge in [0.25, 0.3) is 0 Å². The third kappa shape index (κ3) is 4.75. The molecule has 2 aromatic rings. The van der Waals surface area contributed by atoms with Crippen molar-refractivity contribution < 1.29 is 19.0 Å². The summed E-state index contributed by atoms with van der Waals surface area (Å²) in [6, 6.07) is 11.6. The number of amides is 1. The topological polar surface area (TPSA) is 60.0 Å². The average Bonchev–Trinajstić information content (AvgIpc) is 2.69. The summed E-state index contributed by atoms with van der Waals surface area (Å²) < 4.78 is 16.8. The van der Waals surface area contributed by atoms with Crippen LogP contribution in [0, 0.1) is 0 Å². The zero-order chi connectivity index (χ0) is 19.9. The number of anilines is 1. The number of carbonyl (C=O) groups is 1. The molecule has 0 atom stereocenters. The summed E-state index contributed by atoms with van der Waals surface area (Å²) in [5.74, 6) is 2.17. The number of fused-ring (bicyclic) bond motifs is 1. The first-order valence-electron chi connectivity index (χ1n) is 9.71. The standard InChI is InChI=1S/C22H28N2O4/c1-4-27-20-12-16-10-11-24(14-17(16)13-21(20)28-5-2)15-22(25)23-18-8-6-7-9-19(18)26-3/h6-9,12-13H,4-5,10-11,14-15H2,1-3H3,(H,23,25). The van der Waals surface area contributed by atoms with E-state index in [0.29, 0.717) is 37.7 Å². The van der Waals surface area contributed by atoms with E-state index < -0.39 is 0 Å². The van der Waals surface area contributed by atoms with Crippen LogP contribution in [0.4, 0.5) is 5.69 Å². The Morgan fingerprint density at radius 3 is 2.39 bits per heavy atom. The van der Waals surface area contributed by atoms with Crippen LogP contribution >= 0.6 is 0 Å². The minimum Gasteiger partial charge on any atom is -0.495 e. The lowest BCUT2D eigenvalue weighted by molar-refractivity contribution is -0.117. The smallest absolute Gasteiger partial charge is 0.238 e. The number of hydrogen-bond acceptors (Lipinski definition) is 5. The number of carbonyl (C=O) groups excluding carboxylic acids is 1. The third-order valence-electron chi connectivity index (χ3n) is 4.71. The summed E-state index contributed by atoms with van der Waals surface area (Å²) in [5.41, 5.74) is 3.13. The summed E-state index contributed by atoms with van der Waals surface area (Å²) in [6.45, 7) is 6.99. The maximum atomic E-state index is 12.5. The molecule has 3 rings (SSSR count). The van der Waals surface area contributed by atoms with Gasteiger partial charge in [-0.3, -0.25) is 9.69 Å². The van der Waals surface area contributed by atoms with E-state index >= 15 is 0 Å². The molecule has 6 heteroatoms. The molecular formula is C22H28N2O4. The predicted octanol–water partition coefficient (Wildman–Crippen LogP) is 3.49. The maximum absolute atomic E-state index is 12.5. The van der Waals surface area contributed by atoms with E-state index in [1.165, 1.54) is 11.1 Å². The molecule has 0 spiro atoms. The van der Waals surface area contributed by atoms with Crippen molar-refractivity contribution in [2.24, 2.45) is 0 Å². The molecule has 150 valence electrons. The van der Waals surface area contributed by atoms with Gasteiger partial charge >= 0.3 is 0 Å². The molecule has 0 saturated heterocycles. The molecule has 1 amide bonds. The van der Waals surface area contributed by atoms with E-state index in [1.54, 1.807) is 7.11 Å². The normalized spacial score (nSPS) is 13.5. The fourth-order valence-corrected chi connectivity index (χ4v) is 3.43. The Balaban J connectivity index is 1.67. The van der Waals surface area contributed by atoms with E-state index in [-0.39, 0.29) is 5.91 Å². The highest BCUT2D eigenvalue weighted by molar-refractivity contribution is 5.93. The van der Waals surface area contributed by atoms with E-state index in [4.69, 9.17) is 14.2 Å². The van der Waals surface area contributed by atoms with Gasteiger partial charge in [-0.1, -0.05) is 12.1 Å². The molecule has 6 nitrogen and oxygen atoms in total.